The van der Waals surface area contributed by atoms with Gasteiger partial charge < -0.3 is 5.11 Å². The van der Waals surface area contributed by atoms with Gasteiger partial charge in [0.15, 0.2) is 15.1 Å². The Balaban J connectivity index is 4.56. The van der Waals surface area contributed by atoms with Crippen molar-refractivity contribution in [3.63, 3.8) is 0 Å². The molecule has 1 unspecified atom stereocenters. The zero-order chi connectivity index (χ0) is 11.4. The molecular weight excluding hydrogens is 204 g/mol. The van der Waals surface area contributed by atoms with Crippen molar-refractivity contribution < 1.29 is 18.3 Å². The van der Waals surface area contributed by atoms with Crippen molar-refractivity contribution in [3.8, 4) is 0 Å². The molecule has 14 heavy (non-hydrogen) atoms. The summed E-state index contributed by atoms with van der Waals surface area (Å²) in [5, 5.41) is 7.31. The Bertz CT molecular complexity index is 277. The molecular formula is C9H18O4S. The Morgan fingerprint density at radius 1 is 1.29 bits per heavy atom. The van der Waals surface area contributed by atoms with Crippen LogP contribution in [-0.4, -0.2) is 30.5 Å². The molecule has 84 valence electrons. The van der Waals surface area contributed by atoms with E-state index in [-0.39, 0.29) is 11.7 Å². The highest BCUT2D eigenvalue weighted by Crippen LogP contribution is 2.14. The van der Waals surface area contributed by atoms with Gasteiger partial charge in [-0.2, -0.15) is 0 Å². The minimum Gasteiger partial charge on any atom is -0.480 e. The van der Waals surface area contributed by atoms with Gasteiger partial charge in [-0.05, 0) is 12.8 Å². The summed E-state index contributed by atoms with van der Waals surface area (Å²) in [6, 6.07) is 0. The van der Waals surface area contributed by atoms with Gasteiger partial charge in [0.05, 0.1) is 5.75 Å². The molecule has 0 fully saturated rings. The third-order valence-electron chi connectivity index (χ3n) is 2.51. The van der Waals surface area contributed by atoms with Crippen LogP contribution in [0.15, 0.2) is 0 Å². The molecule has 0 spiro atoms. The first kappa shape index (κ1) is 13.4. The Morgan fingerprint density at radius 2 is 1.71 bits per heavy atom. The molecule has 0 aliphatic heterocycles. The number of rotatable bonds is 6. The highest BCUT2D eigenvalue weighted by Gasteiger charge is 2.29. The van der Waals surface area contributed by atoms with E-state index in [2.05, 4.69) is 0 Å². The van der Waals surface area contributed by atoms with Crippen molar-refractivity contribution in [1.29, 1.82) is 0 Å². The van der Waals surface area contributed by atoms with Crippen molar-refractivity contribution in [2.45, 2.75) is 38.9 Å². The SMILES string of the molecule is CCC(CC)CS(=O)(=O)C(C)C(=O)O. The summed E-state index contributed by atoms with van der Waals surface area (Å²) >= 11 is 0. The number of aliphatic carboxylic acids is 1. The molecule has 1 atom stereocenters. The molecule has 0 aromatic carbocycles. The summed E-state index contributed by atoms with van der Waals surface area (Å²) in [5.74, 6) is -1.22. The minimum atomic E-state index is -3.48. The Morgan fingerprint density at radius 3 is 2.00 bits per heavy atom. The second-order valence-corrected chi connectivity index (χ2v) is 5.86. The van der Waals surface area contributed by atoms with Crippen molar-refractivity contribution in [1.82, 2.24) is 0 Å². The first-order valence-corrected chi connectivity index (χ1v) is 6.51. The van der Waals surface area contributed by atoms with E-state index in [4.69, 9.17) is 5.11 Å². The van der Waals surface area contributed by atoms with E-state index in [9.17, 15) is 13.2 Å². The monoisotopic (exact) mass is 222 g/mol. The molecule has 0 bridgehead atoms. The second-order valence-electron chi connectivity index (χ2n) is 3.49. The molecule has 0 saturated carbocycles. The van der Waals surface area contributed by atoms with Gasteiger partial charge in [-0.15, -0.1) is 0 Å². The molecule has 0 aliphatic carbocycles. The van der Waals surface area contributed by atoms with Gasteiger partial charge in [-0.1, -0.05) is 26.7 Å². The number of carbonyl (C=O) groups is 1. The topological polar surface area (TPSA) is 71.4 Å². The predicted octanol–water partition coefficient (Wildman–Crippen LogP) is 1.31. The van der Waals surface area contributed by atoms with Crippen molar-refractivity contribution in [2.75, 3.05) is 5.75 Å². The Labute approximate surface area is 85.2 Å². The third-order valence-corrected chi connectivity index (χ3v) is 4.72. The van der Waals surface area contributed by atoms with Crippen LogP contribution in [0.25, 0.3) is 0 Å². The van der Waals surface area contributed by atoms with E-state index in [1.807, 2.05) is 13.8 Å². The average molecular weight is 222 g/mol. The number of hydrogen-bond donors (Lipinski definition) is 1. The van der Waals surface area contributed by atoms with Crippen LogP contribution >= 0.6 is 0 Å². The zero-order valence-electron chi connectivity index (χ0n) is 8.86. The van der Waals surface area contributed by atoms with Crippen LogP contribution in [0.4, 0.5) is 0 Å². The number of hydrogen-bond acceptors (Lipinski definition) is 3. The normalized spacial score (nSPS) is 14.3. The molecule has 0 saturated heterocycles. The highest BCUT2D eigenvalue weighted by atomic mass is 32.2. The summed E-state index contributed by atoms with van der Waals surface area (Å²) in [5.41, 5.74) is 0. The number of carboxylic acids is 1. The average Bonchev–Trinajstić information content (AvgIpc) is 2.12. The standard InChI is InChI=1S/C9H18O4S/c1-4-8(5-2)6-14(12,13)7(3)9(10)11/h7-8H,4-6H2,1-3H3,(H,10,11). The maximum atomic E-state index is 11.5. The van der Waals surface area contributed by atoms with Crippen LogP contribution in [0.2, 0.25) is 0 Å². The molecule has 0 rings (SSSR count). The fraction of sp³-hybridized carbons (Fsp3) is 0.889. The van der Waals surface area contributed by atoms with Crippen LogP contribution < -0.4 is 0 Å². The molecule has 0 aromatic rings. The molecule has 0 aromatic heterocycles. The fourth-order valence-corrected chi connectivity index (χ4v) is 2.88. The second kappa shape index (κ2) is 5.34. The van der Waals surface area contributed by atoms with Crippen LogP contribution in [0.5, 0.6) is 0 Å². The maximum Gasteiger partial charge on any atom is 0.321 e. The van der Waals surface area contributed by atoms with Crippen molar-refractivity contribution in [2.24, 2.45) is 5.92 Å². The van der Waals surface area contributed by atoms with E-state index in [0.29, 0.717) is 0 Å². The fourth-order valence-electron chi connectivity index (χ4n) is 1.15. The summed E-state index contributed by atoms with van der Waals surface area (Å²) in [6.45, 7) is 5.05. The van der Waals surface area contributed by atoms with E-state index in [0.717, 1.165) is 12.8 Å². The molecule has 0 heterocycles. The zero-order valence-corrected chi connectivity index (χ0v) is 9.67. The lowest BCUT2D eigenvalue weighted by atomic mass is 10.1. The van der Waals surface area contributed by atoms with Gasteiger partial charge >= 0.3 is 5.97 Å². The van der Waals surface area contributed by atoms with Crippen LogP contribution in [0.3, 0.4) is 0 Å². The van der Waals surface area contributed by atoms with Gasteiger partial charge in [0.1, 0.15) is 0 Å². The summed E-state index contributed by atoms with van der Waals surface area (Å²) in [7, 11) is -3.48. The van der Waals surface area contributed by atoms with E-state index >= 15 is 0 Å². The van der Waals surface area contributed by atoms with Crippen LogP contribution in [0.1, 0.15) is 33.6 Å². The molecule has 5 heteroatoms. The molecule has 1 N–H and O–H groups in total. The van der Waals surface area contributed by atoms with Gasteiger partial charge in [-0.3, -0.25) is 4.79 Å². The quantitative estimate of drug-likeness (QED) is 0.735. The smallest absolute Gasteiger partial charge is 0.321 e. The van der Waals surface area contributed by atoms with Crippen LogP contribution in [0, 0.1) is 5.92 Å². The summed E-state index contributed by atoms with van der Waals surface area (Å²) < 4.78 is 23.0. The highest BCUT2D eigenvalue weighted by molar-refractivity contribution is 7.92. The molecule has 0 radical (unpaired) electrons. The van der Waals surface area contributed by atoms with E-state index in [1.165, 1.54) is 6.92 Å². The number of carboxylic acid groups (broad SMARTS) is 1. The first-order chi connectivity index (χ1) is 6.35. The maximum absolute atomic E-state index is 11.5. The van der Waals surface area contributed by atoms with Gasteiger partial charge in [-0.25, -0.2) is 8.42 Å². The summed E-state index contributed by atoms with van der Waals surface area (Å²) in [4.78, 5) is 10.5. The molecule has 0 amide bonds. The Kier molecular flexibility index (Phi) is 5.12. The van der Waals surface area contributed by atoms with Gasteiger partial charge in [0.25, 0.3) is 0 Å². The lowest BCUT2D eigenvalue weighted by molar-refractivity contribution is -0.136. The summed E-state index contributed by atoms with van der Waals surface area (Å²) in [6.07, 6.45) is 1.53. The van der Waals surface area contributed by atoms with Gasteiger partial charge in [0.2, 0.25) is 0 Å². The van der Waals surface area contributed by atoms with E-state index in [1.54, 1.807) is 0 Å². The molecule has 4 nitrogen and oxygen atoms in total. The van der Waals surface area contributed by atoms with Crippen molar-refractivity contribution >= 4 is 15.8 Å². The first-order valence-electron chi connectivity index (χ1n) is 4.79. The largest absolute Gasteiger partial charge is 0.480 e. The van der Waals surface area contributed by atoms with Crippen molar-refractivity contribution in [3.05, 3.63) is 0 Å². The minimum absolute atomic E-state index is 0.0204. The lowest BCUT2D eigenvalue weighted by Gasteiger charge is -2.14. The molecule has 0 aliphatic rings. The predicted molar refractivity (Wildman–Crippen MR) is 55.0 cm³/mol. The van der Waals surface area contributed by atoms with Gasteiger partial charge in [0, 0.05) is 0 Å². The van der Waals surface area contributed by atoms with E-state index < -0.39 is 21.1 Å². The number of sulfone groups is 1. The van der Waals surface area contributed by atoms with Crippen LogP contribution in [-0.2, 0) is 14.6 Å². The third kappa shape index (κ3) is 3.65. The Hall–Kier alpha value is -0.580. The lowest BCUT2D eigenvalue weighted by Crippen LogP contribution is -2.31.